The molecule has 4 heterocycles. The zero-order valence-corrected chi connectivity index (χ0v) is 27.2. The summed E-state index contributed by atoms with van der Waals surface area (Å²) in [6.45, 7) is 8.67. The van der Waals surface area contributed by atoms with Gasteiger partial charge in [-0.15, -0.1) is 0 Å². The van der Waals surface area contributed by atoms with E-state index >= 15 is 0 Å². The summed E-state index contributed by atoms with van der Waals surface area (Å²) in [4.78, 5) is 38.7. The van der Waals surface area contributed by atoms with Gasteiger partial charge < -0.3 is 32.1 Å². The van der Waals surface area contributed by atoms with Crippen LogP contribution in [0.2, 0.25) is 5.02 Å². The molecular weight excluding hydrogens is 594 g/mol. The molecule has 4 aromatic rings. The van der Waals surface area contributed by atoms with Gasteiger partial charge in [0.05, 0.1) is 33.7 Å². The molecule has 0 saturated heterocycles. The minimum Gasteiger partial charge on any atom is -0.394 e. The predicted molar refractivity (Wildman–Crippen MR) is 180 cm³/mol. The van der Waals surface area contributed by atoms with Crippen LogP contribution in [0.15, 0.2) is 30.6 Å². The number of carbonyl (C=O) groups excluding carboxylic acids is 1. The van der Waals surface area contributed by atoms with Crippen LogP contribution in [0, 0.1) is 0 Å². The highest BCUT2D eigenvalue weighted by Crippen LogP contribution is 2.28. The maximum Gasteiger partial charge on any atom is 0.225 e. The molecule has 0 aliphatic rings. The van der Waals surface area contributed by atoms with Crippen LogP contribution in [0.5, 0.6) is 0 Å². The minimum atomic E-state index is -0.548. The van der Waals surface area contributed by atoms with E-state index in [0.29, 0.717) is 57.8 Å². The molecule has 0 radical (unpaired) electrons. The van der Waals surface area contributed by atoms with Crippen molar-refractivity contribution in [2.24, 2.45) is 0 Å². The number of carbonyl (C=O) groups is 1. The van der Waals surface area contributed by atoms with Gasteiger partial charge in [-0.25, -0.2) is 15.0 Å². The van der Waals surface area contributed by atoms with Crippen LogP contribution >= 0.6 is 11.6 Å². The first kappa shape index (κ1) is 33.8. The van der Waals surface area contributed by atoms with Crippen LogP contribution in [-0.2, 0) is 4.79 Å². The third-order valence-electron chi connectivity index (χ3n) is 7.66. The van der Waals surface area contributed by atoms with Crippen molar-refractivity contribution in [3.63, 3.8) is 0 Å². The number of nitrogen functional groups attached to an aromatic ring is 1. The number of aliphatic hydroxyl groups excluding tert-OH is 1. The second-order valence-electron chi connectivity index (χ2n) is 12.0. The second kappa shape index (κ2) is 15.3. The summed E-state index contributed by atoms with van der Waals surface area (Å²) >= 11 is 6.23. The van der Waals surface area contributed by atoms with E-state index in [-0.39, 0.29) is 18.5 Å². The topological polar surface area (TPSA) is 189 Å². The van der Waals surface area contributed by atoms with Crippen molar-refractivity contribution in [3.05, 3.63) is 35.6 Å². The summed E-state index contributed by atoms with van der Waals surface area (Å²) in [6.07, 6.45) is 9.46. The summed E-state index contributed by atoms with van der Waals surface area (Å²) in [7, 11) is 0. The lowest BCUT2D eigenvalue weighted by atomic mass is 9.93. The summed E-state index contributed by atoms with van der Waals surface area (Å²) in [6, 6.07) is 5.40. The van der Waals surface area contributed by atoms with E-state index in [9.17, 15) is 9.90 Å². The van der Waals surface area contributed by atoms with Gasteiger partial charge in [0.25, 0.3) is 0 Å². The van der Waals surface area contributed by atoms with Crippen molar-refractivity contribution >= 4 is 63.1 Å². The first-order chi connectivity index (χ1) is 21.5. The number of aromatic nitrogens is 6. The number of amides is 1. The highest BCUT2D eigenvalue weighted by Gasteiger charge is 2.27. The van der Waals surface area contributed by atoms with Gasteiger partial charge >= 0.3 is 0 Å². The highest BCUT2D eigenvalue weighted by atomic mass is 35.5. The molecule has 1 amide bonds. The van der Waals surface area contributed by atoms with E-state index < -0.39 is 11.1 Å². The molecule has 0 saturated carbocycles. The van der Waals surface area contributed by atoms with Crippen molar-refractivity contribution in [1.29, 1.82) is 0 Å². The molecule has 0 bridgehead atoms. The van der Waals surface area contributed by atoms with Gasteiger partial charge in [0.1, 0.15) is 11.0 Å². The fourth-order valence-electron chi connectivity index (χ4n) is 5.08. The first-order valence-electron chi connectivity index (χ1n) is 15.4. The molecule has 2 atom stereocenters. The zero-order chi connectivity index (χ0) is 32.5. The number of halogens is 1. The van der Waals surface area contributed by atoms with Crippen LogP contribution in [0.25, 0.3) is 22.1 Å². The Morgan fingerprint density at radius 2 is 1.69 bits per heavy atom. The Morgan fingerprint density at radius 1 is 0.956 bits per heavy atom. The molecule has 14 heteroatoms. The number of nitrogens with two attached hydrogens (primary N) is 1. The monoisotopic (exact) mass is 637 g/mol. The number of nitrogens with one attached hydrogen (secondary N) is 4. The lowest BCUT2D eigenvalue weighted by Gasteiger charge is -2.32. The van der Waals surface area contributed by atoms with Crippen LogP contribution in [0.1, 0.15) is 72.6 Å². The summed E-state index contributed by atoms with van der Waals surface area (Å²) in [5, 5.41) is 23.8. The first-order valence-corrected chi connectivity index (χ1v) is 15.8. The number of hydrogen-bond donors (Lipinski definition) is 6. The molecule has 7 N–H and O–H groups in total. The maximum atomic E-state index is 11.8. The van der Waals surface area contributed by atoms with Crippen LogP contribution in [-0.4, -0.2) is 71.7 Å². The number of aliphatic hydroxyl groups is 1. The predicted octanol–water partition coefficient (Wildman–Crippen LogP) is 4.93. The standard InChI is InChI=1S/C31H44ClN11O2/c1-5-6-12-31(4,19-44)43-27-25-23(16-21(32)17-36-25)39-29(41-27)35-14-9-7-8-13-30(3,18-37-20(2)45)42-26-24-22(11-10-15-34-24)38-28(33)40-26/h10-11,15-17,44H,5-9,12-14,18-19H2,1-4H3,(H,37,45)(H3,33,38,40,42)(H2,35,39,41,43)/t30?,31-/m1/s1. The minimum absolute atomic E-state index is 0.0398. The molecule has 45 heavy (non-hydrogen) atoms. The number of nitrogens with zero attached hydrogens (tertiary/aromatic N) is 6. The number of rotatable bonds is 17. The SMILES string of the molecule is CCCC[C@](C)(CO)Nc1nc(NCCCCCC(C)(CNC(C)=O)Nc2nc(N)nc3cccnc23)nc2cc(Cl)cnc12. The Hall–Kier alpha value is -4.10. The van der Waals surface area contributed by atoms with Gasteiger partial charge in [0, 0.05) is 32.4 Å². The third kappa shape index (κ3) is 9.44. The van der Waals surface area contributed by atoms with E-state index in [1.54, 1.807) is 24.5 Å². The maximum absolute atomic E-state index is 11.8. The van der Waals surface area contributed by atoms with Crippen molar-refractivity contribution in [2.75, 3.05) is 41.4 Å². The summed E-state index contributed by atoms with van der Waals surface area (Å²) < 4.78 is 0. The summed E-state index contributed by atoms with van der Waals surface area (Å²) in [5.41, 5.74) is 7.40. The van der Waals surface area contributed by atoms with Crippen molar-refractivity contribution in [1.82, 2.24) is 35.2 Å². The average molecular weight is 638 g/mol. The molecule has 1 unspecified atom stereocenters. The summed E-state index contributed by atoms with van der Waals surface area (Å²) in [5.74, 6) is 1.59. The Balaban J connectivity index is 1.39. The van der Waals surface area contributed by atoms with E-state index in [1.807, 2.05) is 19.9 Å². The van der Waals surface area contributed by atoms with E-state index in [1.165, 1.54) is 6.92 Å². The van der Waals surface area contributed by atoms with E-state index in [2.05, 4.69) is 53.1 Å². The Kier molecular flexibility index (Phi) is 11.5. The van der Waals surface area contributed by atoms with Crippen molar-refractivity contribution in [2.45, 2.75) is 83.7 Å². The lowest BCUT2D eigenvalue weighted by molar-refractivity contribution is -0.119. The van der Waals surface area contributed by atoms with Gasteiger partial charge in [-0.2, -0.15) is 9.97 Å². The van der Waals surface area contributed by atoms with Gasteiger partial charge in [0.2, 0.25) is 17.8 Å². The largest absolute Gasteiger partial charge is 0.394 e. The molecule has 4 aromatic heterocycles. The van der Waals surface area contributed by atoms with Gasteiger partial charge in [-0.05, 0) is 51.3 Å². The van der Waals surface area contributed by atoms with Gasteiger partial charge in [0.15, 0.2) is 11.6 Å². The van der Waals surface area contributed by atoms with Crippen LogP contribution < -0.4 is 27.0 Å². The third-order valence-corrected chi connectivity index (χ3v) is 7.87. The smallest absolute Gasteiger partial charge is 0.225 e. The number of pyridine rings is 2. The van der Waals surface area contributed by atoms with E-state index in [4.69, 9.17) is 22.3 Å². The molecule has 0 fully saturated rings. The van der Waals surface area contributed by atoms with Gasteiger partial charge in [-0.1, -0.05) is 44.2 Å². The van der Waals surface area contributed by atoms with Crippen molar-refractivity contribution < 1.29 is 9.90 Å². The number of unbranched alkanes of at least 4 members (excludes halogenated alkanes) is 3. The fraction of sp³-hybridized carbons (Fsp3) is 0.516. The second-order valence-corrected chi connectivity index (χ2v) is 12.4. The highest BCUT2D eigenvalue weighted by molar-refractivity contribution is 6.31. The molecule has 0 aliphatic heterocycles. The van der Waals surface area contributed by atoms with Crippen LogP contribution in [0.4, 0.5) is 23.5 Å². The molecule has 13 nitrogen and oxygen atoms in total. The Bertz CT molecular complexity index is 1610. The molecule has 0 aromatic carbocycles. The molecule has 242 valence electrons. The van der Waals surface area contributed by atoms with E-state index in [0.717, 1.165) is 44.9 Å². The number of anilines is 4. The Labute approximate surface area is 268 Å². The average Bonchev–Trinajstić information content (AvgIpc) is 3.00. The van der Waals surface area contributed by atoms with Gasteiger partial charge in [-0.3, -0.25) is 9.78 Å². The fourth-order valence-corrected chi connectivity index (χ4v) is 5.24. The van der Waals surface area contributed by atoms with Crippen LogP contribution in [0.3, 0.4) is 0 Å². The molecular formula is C31H44ClN11O2. The number of hydrogen-bond acceptors (Lipinski definition) is 12. The normalized spacial score (nSPS) is 14.1. The molecule has 0 spiro atoms. The quantitative estimate of drug-likeness (QED) is 0.0858. The zero-order valence-electron chi connectivity index (χ0n) is 26.5. The molecule has 4 rings (SSSR count). The Morgan fingerprint density at radius 3 is 2.44 bits per heavy atom. The van der Waals surface area contributed by atoms with Crippen molar-refractivity contribution in [3.8, 4) is 0 Å². The molecule has 0 aliphatic carbocycles. The number of fused-ring (bicyclic) bond motifs is 2. The lowest BCUT2D eigenvalue weighted by Crippen LogP contribution is -2.46.